The minimum atomic E-state index is -1.33. The number of carbonyl (C=O) groups is 5. The van der Waals surface area contributed by atoms with Gasteiger partial charge in [-0.25, -0.2) is 4.79 Å². The fraction of sp³-hybridized carbons (Fsp3) is 0.476. The zero-order valence-electron chi connectivity index (χ0n) is 18.9. The van der Waals surface area contributed by atoms with Gasteiger partial charge >= 0.3 is 5.97 Å². The molecule has 0 aromatic heterocycles. The van der Waals surface area contributed by atoms with Crippen molar-refractivity contribution in [3.05, 3.63) is 29.8 Å². The average molecular weight is 482 g/mol. The summed E-state index contributed by atoms with van der Waals surface area (Å²) in [6.07, 6.45) is -1.72. The highest BCUT2D eigenvalue weighted by Gasteiger charge is 2.29. The van der Waals surface area contributed by atoms with E-state index < -0.39 is 59.9 Å². The summed E-state index contributed by atoms with van der Waals surface area (Å²) in [4.78, 5) is 60.0. The average Bonchev–Trinajstić information content (AvgIpc) is 2.76. The molecule has 0 heterocycles. The van der Waals surface area contributed by atoms with Gasteiger partial charge in [0.1, 0.15) is 29.9 Å². The van der Waals surface area contributed by atoms with Gasteiger partial charge in [0.05, 0.1) is 6.10 Å². The van der Waals surface area contributed by atoms with Crippen molar-refractivity contribution in [1.29, 1.82) is 0 Å². The van der Waals surface area contributed by atoms with Crippen molar-refractivity contribution in [3.63, 3.8) is 0 Å². The van der Waals surface area contributed by atoms with E-state index in [1.807, 2.05) is 0 Å². The molecule has 13 heteroatoms. The summed E-state index contributed by atoms with van der Waals surface area (Å²) in [5.74, 6) is -4.52. The summed E-state index contributed by atoms with van der Waals surface area (Å²) >= 11 is 0. The molecule has 0 aliphatic rings. The maximum absolute atomic E-state index is 12.6. The number of carbonyl (C=O) groups excluding carboxylic acids is 4. The molecule has 0 fully saturated rings. The maximum atomic E-state index is 12.6. The number of phenols is 1. The van der Waals surface area contributed by atoms with Gasteiger partial charge < -0.3 is 42.7 Å². The Balaban J connectivity index is 2.82. The number of benzene rings is 1. The smallest absolute Gasteiger partial charge is 0.326 e. The van der Waals surface area contributed by atoms with Gasteiger partial charge in [-0.3, -0.25) is 19.2 Å². The first-order valence-corrected chi connectivity index (χ1v) is 10.5. The van der Waals surface area contributed by atoms with Crippen LogP contribution in [0.15, 0.2) is 24.3 Å². The lowest BCUT2D eigenvalue weighted by molar-refractivity contribution is -0.142. The van der Waals surface area contributed by atoms with Crippen LogP contribution in [0.1, 0.15) is 32.3 Å². The van der Waals surface area contributed by atoms with Gasteiger partial charge in [0.2, 0.25) is 23.6 Å². The zero-order chi connectivity index (χ0) is 26.0. The number of nitrogens with two attached hydrogens (primary N) is 2. The summed E-state index contributed by atoms with van der Waals surface area (Å²) in [6.45, 7) is 2.59. The Kier molecular flexibility index (Phi) is 10.9. The molecule has 5 unspecified atom stereocenters. The Bertz CT molecular complexity index is 890. The van der Waals surface area contributed by atoms with Gasteiger partial charge in [-0.05, 0) is 38.0 Å². The number of aliphatic carboxylic acids is 1. The third-order valence-corrected chi connectivity index (χ3v) is 4.88. The third kappa shape index (κ3) is 9.42. The maximum Gasteiger partial charge on any atom is 0.326 e. The minimum absolute atomic E-state index is 0.00313. The van der Waals surface area contributed by atoms with E-state index in [0.717, 1.165) is 0 Å². The first kappa shape index (κ1) is 28.3. The Labute approximate surface area is 195 Å². The largest absolute Gasteiger partial charge is 0.508 e. The highest BCUT2D eigenvalue weighted by atomic mass is 16.4. The van der Waals surface area contributed by atoms with Gasteiger partial charge in [0.15, 0.2) is 0 Å². The van der Waals surface area contributed by atoms with E-state index in [2.05, 4.69) is 16.0 Å². The lowest BCUT2D eigenvalue weighted by Crippen LogP contribution is -2.57. The number of aliphatic hydroxyl groups is 1. The molecule has 10 N–H and O–H groups in total. The molecule has 0 spiro atoms. The van der Waals surface area contributed by atoms with Crippen LogP contribution in [0.2, 0.25) is 0 Å². The number of carboxylic acids is 1. The number of carboxylic acid groups (broad SMARTS) is 1. The van der Waals surface area contributed by atoms with E-state index in [9.17, 15) is 39.3 Å². The van der Waals surface area contributed by atoms with E-state index in [-0.39, 0.29) is 25.0 Å². The normalized spacial score (nSPS) is 15.2. The Hall–Kier alpha value is -3.71. The SMILES string of the molecule is CC(NC(=O)C(CCC(N)=O)NC(=O)C(N)C(C)O)C(=O)NC(Cc1ccc(O)cc1)C(=O)O. The fourth-order valence-electron chi connectivity index (χ4n) is 2.79. The second-order valence-electron chi connectivity index (χ2n) is 7.83. The van der Waals surface area contributed by atoms with Crippen LogP contribution in [0.25, 0.3) is 0 Å². The monoisotopic (exact) mass is 481 g/mol. The molecule has 1 aromatic rings. The molecule has 5 atom stereocenters. The van der Waals surface area contributed by atoms with Crippen LogP contribution in [0.5, 0.6) is 5.75 Å². The second kappa shape index (κ2) is 13.1. The quantitative estimate of drug-likeness (QED) is 0.148. The fourth-order valence-corrected chi connectivity index (χ4v) is 2.79. The van der Waals surface area contributed by atoms with Crippen LogP contribution in [0.4, 0.5) is 0 Å². The predicted molar refractivity (Wildman–Crippen MR) is 119 cm³/mol. The molecule has 34 heavy (non-hydrogen) atoms. The highest BCUT2D eigenvalue weighted by Crippen LogP contribution is 2.11. The number of hydrogen-bond donors (Lipinski definition) is 8. The molecule has 0 radical (unpaired) electrons. The highest BCUT2D eigenvalue weighted by molar-refractivity contribution is 5.94. The van der Waals surface area contributed by atoms with E-state index in [1.54, 1.807) is 0 Å². The number of hydrogen-bond acceptors (Lipinski definition) is 8. The van der Waals surface area contributed by atoms with Crippen molar-refractivity contribution in [1.82, 2.24) is 16.0 Å². The lowest BCUT2D eigenvalue weighted by Gasteiger charge is -2.24. The third-order valence-electron chi connectivity index (χ3n) is 4.88. The van der Waals surface area contributed by atoms with E-state index in [0.29, 0.717) is 5.56 Å². The van der Waals surface area contributed by atoms with Crippen LogP contribution >= 0.6 is 0 Å². The summed E-state index contributed by atoms with van der Waals surface area (Å²) in [5, 5.41) is 35.2. The van der Waals surface area contributed by atoms with E-state index >= 15 is 0 Å². The van der Waals surface area contributed by atoms with E-state index in [1.165, 1.54) is 38.1 Å². The summed E-state index contributed by atoms with van der Waals surface area (Å²) in [6, 6.07) is 0.636. The number of aliphatic hydroxyl groups excluding tert-OH is 1. The van der Waals surface area contributed by atoms with Gasteiger partial charge in [-0.2, -0.15) is 0 Å². The number of amides is 4. The second-order valence-corrected chi connectivity index (χ2v) is 7.83. The summed E-state index contributed by atoms with van der Waals surface area (Å²) in [7, 11) is 0. The number of rotatable bonds is 13. The van der Waals surface area contributed by atoms with Crippen molar-refractivity contribution in [2.75, 3.05) is 0 Å². The van der Waals surface area contributed by atoms with Gasteiger partial charge in [-0.15, -0.1) is 0 Å². The van der Waals surface area contributed by atoms with Crippen LogP contribution in [0, 0.1) is 0 Å². The molecular formula is C21H31N5O8. The Morgan fingerprint density at radius 2 is 1.47 bits per heavy atom. The molecule has 0 aliphatic carbocycles. The topological polar surface area (TPSA) is 234 Å². The van der Waals surface area contributed by atoms with Gasteiger partial charge in [0.25, 0.3) is 0 Å². The first-order valence-electron chi connectivity index (χ1n) is 10.5. The van der Waals surface area contributed by atoms with Crippen molar-refractivity contribution >= 4 is 29.6 Å². The Morgan fingerprint density at radius 3 is 1.97 bits per heavy atom. The van der Waals surface area contributed by atoms with Crippen molar-refractivity contribution < 1.29 is 39.3 Å². The van der Waals surface area contributed by atoms with Crippen LogP contribution in [-0.4, -0.2) is 75.2 Å². The minimum Gasteiger partial charge on any atom is -0.508 e. The summed E-state index contributed by atoms with van der Waals surface area (Å²) in [5.41, 5.74) is 11.2. The van der Waals surface area contributed by atoms with Crippen LogP contribution in [-0.2, 0) is 30.4 Å². The predicted octanol–water partition coefficient (Wildman–Crippen LogP) is -2.53. The Morgan fingerprint density at radius 1 is 0.912 bits per heavy atom. The lowest BCUT2D eigenvalue weighted by atomic mass is 10.1. The van der Waals surface area contributed by atoms with Crippen LogP contribution < -0.4 is 27.4 Å². The van der Waals surface area contributed by atoms with Gasteiger partial charge in [0, 0.05) is 12.8 Å². The number of aromatic hydroxyl groups is 1. The molecule has 4 amide bonds. The van der Waals surface area contributed by atoms with Gasteiger partial charge in [-0.1, -0.05) is 12.1 Å². The van der Waals surface area contributed by atoms with Crippen molar-refractivity contribution in [3.8, 4) is 5.75 Å². The molecule has 188 valence electrons. The molecule has 1 rings (SSSR count). The molecule has 0 saturated heterocycles. The molecule has 0 aliphatic heterocycles. The first-order chi connectivity index (χ1) is 15.8. The van der Waals surface area contributed by atoms with Crippen molar-refractivity contribution in [2.45, 2.75) is 63.4 Å². The zero-order valence-corrected chi connectivity index (χ0v) is 18.9. The van der Waals surface area contributed by atoms with Crippen molar-refractivity contribution in [2.24, 2.45) is 11.5 Å². The number of phenolic OH excluding ortho intramolecular Hbond substituents is 1. The van der Waals surface area contributed by atoms with Crippen LogP contribution in [0.3, 0.4) is 0 Å². The molecule has 1 aromatic carbocycles. The summed E-state index contributed by atoms with van der Waals surface area (Å²) < 4.78 is 0. The van der Waals surface area contributed by atoms with E-state index in [4.69, 9.17) is 11.5 Å². The number of nitrogens with one attached hydrogen (secondary N) is 3. The molecule has 0 saturated carbocycles. The number of primary amides is 1. The standard InChI is InChI=1S/C21H31N5O8/c1-10(18(30)26-15(21(33)34)9-12-3-5-13(28)6-4-12)24-19(31)14(7-8-16(22)29)25-20(32)17(23)11(2)27/h3-6,10-11,14-15,17,27-28H,7-9,23H2,1-2H3,(H2,22,29)(H,24,31)(H,25,32)(H,26,30)(H,33,34). The molecule has 13 nitrogen and oxygen atoms in total. The molecular weight excluding hydrogens is 450 g/mol. The molecule has 0 bridgehead atoms.